The van der Waals surface area contributed by atoms with Crippen LogP contribution in [0.15, 0.2) is 0 Å². The van der Waals surface area contributed by atoms with Gasteiger partial charge >= 0.3 is 0 Å². The second-order valence-electron chi connectivity index (χ2n) is 6.38. The first-order chi connectivity index (χ1) is 7.94. The van der Waals surface area contributed by atoms with Crippen LogP contribution in [0, 0.1) is 11.3 Å². The molecule has 3 atom stereocenters. The minimum Gasteiger partial charge on any atom is -0.394 e. The Morgan fingerprint density at radius 1 is 1.29 bits per heavy atom. The van der Waals surface area contributed by atoms with Gasteiger partial charge in [0.15, 0.2) is 0 Å². The average Bonchev–Trinajstić information content (AvgIpc) is 2.58. The van der Waals surface area contributed by atoms with Gasteiger partial charge in [-0.1, -0.05) is 34.1 Å². The summed E-state index contributed by atoms with van der Waals surface area (Å²) in [6, 6.07) is 0. The molecule has 1 fully saturated rings. The Labute approximate surface area is 105 Å². The number of aliphatic hydroxyl groups is 1. The summed E-state index contributed by atoms with van der Waals surface area (Å²) in [6.45, 7) is 10.5. The van der Waals surface area contributed by atoms with E-state index in [0.717, 1.165) is 13.0 Å². The lowest BCUT2D eigenvalue weighted by molar-refractivity contribution is -0.0398. The van der Waals surface area contributed by atoms with E-state index in [-0.39, 0.29) is 18.8 Å². The second-order valence-corrected chi connectivity index (χ2v) is 6.38. The summed E-state index contributed by atoms with van der Waals surface area (Å²) in [6.07, 6.45) is 3.49. The van der Waals surface area contributed by atoms with E-state index in [0.29, 0.717) is 17.9 Å². The van der Waals surface area contributed by atoms with Gasteiger partial charge in [0.05, 0.1) is 19.3 Å². The summed E-state index contributed by atoms with van der Waals surface area (Å²) in [5.41, 5.74) is 0.414. The molecule has 0 aromatic heterocycles. The van der Waals surface area contributed by atoms with Crippen LogP contribution in [0.4, 0.5) is 0 Å². The van der Waals surface area contributed by atoms with Crippen molar-refractivity contribution in [3.63, 3.8) is 0 Å². The average molecular weight is 244 g/mol. The van der Waals surface area contributed by atoms with E-state index in [1.165, 1.54) is 12.8 Å². The van der Waals surface area contributed by atoms with Crippen molar-refractivity contribution in [2.24, 2.45) is 11.3 Å². The normalized spacial score (nSPS) is 29.8. The Morgan fingerprint density at radius 3 is 2.59 bits per heavy atom. The highest BCUT2D eigenvalue weighted by Gasteiger charge is 2.34. The molecular weight excluding hydrogens is 216 g/mol. The SMILES string of the molecule is CC1COC(CO)C1OCCCCC(C)(C)C. The van der Waals surface area contributed by atoms with Gasteiger partial charge < -0.3 is 14.6 Å². The van der Waals surface area contributed by atoms with Crippen LogP contribution in [0.1, 0.15) is 47.0 Å². The van der Waals surface area contributed by atoms with Gasteiger partial charge in [-0.3, -0.25) is 0 Å². The standard InChI is InChI=1S/C14H28O3/c1-11-10-17-12(9-15)13(11)16-8-6-5-7-14(2,3)4/h11-13,15H,5-10H2,1-4H3. The number of ether oxygens (including phenoxy) is 2. The molecule has 1 rings (SSSR count). The van der Waals surface area contributed by atoms with Gasteiger partial charge in [0.1, 0.15) is 6.10 Å². The van der Waals surface area contributed by atoms with E-state index in [4.69, 9.17) is 14.6 Å². The molecule has 1 saturated heterocycles. The maximum absolute atomic E-state index is 9.16. The van der Waals surface area contributed by atoms with E-state index in [1.807, 2.05) is 0 Å². The zero-order valence-corrected chi connectivity index (χ0v) is 11.7. The molecule has 0 bridgehead atoms. The monoisotopic (exact) mass is 244 g/mol. The third-order valence-corrected chi connectivity index (χ3v) is 3.31. The second kappa shape index (κ2) is 6.72. The maximum atomic E-state index is 9.16. The molecule has 1 heterocycles. The summed E-state index contributed by atoms with van der Waals surface area (Å²) in [5.74, 6) is 0.398. The van der Waals surface area contributed by atoms with Crippen LogP contribution in [0.5, 0.6) is 0 Å². The Bertz CT molecular complexity index is 210. The molecule has 0 radical (unpaired) electrons. The topological polar surface area (TPSA) is 38.7 Å². The van der Waals surface area contributed by atoms with Crippen molar-refractivity contribution < 1.29 is 14.6 Å². The Hall–Kier alpha value is -0.120. The third-order valence-electron chi connectivity index (χ3n) is 3.31. The summed E-state index contributed by atoms with van der Waals surface area (Å²) < 4.78 is 11.3. The summed E-state index contributed by atoms with van der Waals surface area (Å²) >= 11 is 0. The van der Waals surface area contributed by atoms with Crippen molar-refractivity contribution in [1.82, 2.24) is 0 Å². The molecule has 102 valence electrons. The van der Waals surface area contributed by atoms with Gasteiger partial charge in [0.25, 0.3) is 0 Å². The lowest BCUT2D eigenvalue weighted by Gasteiger charge is -2.21. The highest BCUT2D eigenvalue weighted by molar-refractivity contribution is 4.81. The van der Waals surface area contributed by atoms with E-state index >= 15 is 0 Å². The van der Waals surface area contributed by atoms with Crippen molar-refractivity contribution in [2.45, 2.75) is 59.2 Å². The molecule has 1 aliphatic heterocycles. The van der Waals surface area contributed by atoms with Gasteiger partial charge in [-0.2, -0.15) is 0 Å². The zero-order valence-electron chi connectivity index (χ0n) is 11.7. The van der Waals surface area contributed by atoms with Crippen LogP contribution in [-0.4, -0.2) is 37.1 Å². The molecule has 0 aromatic carbocycles. The molecule has 0 aliphatic carbocycles. The number of rotatable bonds is 6. The van der Waals surface area contributed by atoms with Gasteiger partial charge in [-0.15, -0.1) is 0 Å². The minimum absolute atomic E-state index is 0.0665. The highest BCUT2D eigenvalue weighted by atomic mass is 16.6. The van der Waals surface area contributed by atoms with Gasteiger partial charge in [-0.05, 0) is 18.3 Å². The van der Waals surface area contributed by atoms with Gasteiger partial charge in [-0.25, -0.2) is 0 Å². The lowest BCUT2D eigenvalue weighted by atomic mass is 9.90. The van der Waals surface area contributed by atoms with Gasteiger partial charge in [0.2, 0.25) is 0 Å². The lowest BCUT2D eigenvalue weighted by Crippen LogP contribution is -2.31. The number of hydrogen-bond donors (Lipinski definition) is 1. The van der Waals surface area contributed by atoms with E-state index in [2.05, 4.69) is 27.7 Å². The largest absolute Gasteiger partial charge is 0.394 e. The first kappa shape index (κ1) is 14.9. The number of unbranched alkanes of at least 4 members (excludes halogenated alkanes) is 1. The Morgan fingerprint density at radius 2 is 2.00 bits per heavy atom. The van der Waals surface area contributed by atoms with Gasteiger partial charge in [0, 0.05) is 12.5 Å². The molecular formula is C14H28O3. The summed E-state index contributed by atoms with van der Waals surface area (Å²) in [4.78, 5) is 0. The van der Waals surface area contributed by atoms with Crippen molar-refractivity contribution in [3.8, 4) is 0 Å². The van der Waals surface area contributed by atoms with E-state index < -0.39 is 0 Å². The molecule has 1 aliphatic rings. The van der Waals surface area contributed by atoms with Crippen LogP contribution in [0.25, 0.3) is 0 Å². The predicted octanol–water partition coefficient (Wildman–Crippen LogP) is 2.62. The minimum atomic E-state index is -0.118. The smallest absolute Gasteiger partial charge is 0.107 e. The first-order valence-corrected chi connectivity index (χ1v) is 6.78. The molecule has 0 spiro atoms. The van der Waals surface area contributed by atoms with Crippen LogP contribution >= 0.6 is 0 Å². The quantitative estimate of drug-likeness (QED) is 0.730. The van der Waals surface area contributed by atoms with Crippen molar-refractivity contribution in [3.05, 3.63) is 0 Å². The van der Waals surface area contributed by atoms with Crippen molar-refractivity contribution in [1.29, 1.82) is 0 Å². The fourth-order valence-electron chi connectivity index (χ4n) is 2.24. The molecule has 0 amide bonds. The van der Waals surface area contributed by atoms with E-state index in [9.17, 15) is 0 Å². The zero-order chi connectivity index (χ0) is 12.9. The molecule has 3 heteroatoms. The van der Waals surface area contributed by atoms with Crippen LogP contribution in [0.3, 0.4) is 0 Å². The molecule has 0 aromatic rings. The summed E-state index contributed by atoms with van der Waals surface area (Å²) in [5, 5.41) is 9.16. The predicted molar refractivity (Wildman–Crippen MR) is 69.0 cm³/mol. The van der Waals surface area contributed by atoms with Crippen LogP contribution in [0.2, 0.25) is 0 Å². The highest BCUT2D eigenvalue weighted by Crippen LogP contribution is 2.24. The third kappa shape index (κ3) is 5.36. The fourth-order valence-corrected chi connectivity index (χ4v) is 2.24. The number of hydrogen-bond acceptors (Lipinski definition) is 3. The Balaban J connectivity index is 2.13. The molecule has 3 nitrogen and oxygen atoms in total. The number of aliphatic hydroxyl groups excluding tert-OH is 1. The van der Waals surface area contributed by atoms with Crippen molar-refractivity contribution >= 4 is 0 Å². The molecule has 17 heavy (non-hydrogen) atoms. The van der Waals surface area contributed by atoms with E-state index in [1.54, 1.807) is 0 Å². The van der Waals surface area contributed by atoms with Crippen LogP contribution in [-0.2, 0) is 9.47 Å². The Kier molecular flexibility index (Phi) is 5.90. The van der Waals surface area contributed by atoms with Crippen molar-refractivity contribution in [2.75, 3.05) is 19.8 Å². The maximum Gasteiger partial charge on any atom is 0.107 e. The summed E-state index contributed by atoms with van der Waals surface area (Å²) in [7, 11) is 0. The molecule has 0 saturated carbocycles. The first-order valence-electron chi connectivity index (χ1n) is 6.78. The fraction of sp³-hybridized carbons (Fsp3) is 1.00. The molecule has 1 N–H and O–H groups in total. The molecule has 3 unspecified atom stereocenters. The van der Waals surface area contributed by atoms with Crippen LogP contribution < -0.4 is 0 Å².